The molecule has 1 rings (SSSR count). The molecule has 0 aliphatic rings. The van der Waals surface area contributed by atoms with Gasteiger partial charge in [0.2, 0.25) is 0 Å². The van der Waals surface area contributed by atoms with E-state index in [0.717, 1.165) is 18.7 Å². The molecule has 0 amide bonds. The first-order valence-corrected chi connectivity index (χ1v) is 7.13. The maximum atomic E-state index is 4.10. The zero-order chi connectivity index (χ0) is 12.7. The molecule has 0 aromatic carbocycles. The fraction of sp³-hybridized carbons (Fsp3) is 0.692. The van der Waals surface area contributed by atoms with E-state index in [1.54, 1.807) is 6.33 Å². The molecule has 1 atom stereocenters. The van der Waals surface area contributed by atoms with Crippen LogP contribution in [0, 0.1) is 0 Å². The molecule has 0 bridgehead atoms. The molecule has 96 valence electrons. The first-order chi connectivity index (χ1) is 8.03. The predicted octanol–water partition coefficient (Wildman–Crippen LogP) is 3.05. The van der Waals surface area contributed by atoms with Crippen molar-refractivity contribution in [1.29, 1.82) is 0 Å². The quantitative estimate of drug-likeness (QED) is 0.845. The van der Waals surface area contributed by atoms with Crippen molar-refractivity contribution in [2.75, 3.05) is 12.3 Å². The van der Waals surface area contributed by atoms with Crippen LogP contribution in [0.4, 0.5) is 0 Å². The Morgan fingerprint density at radius 3 is 2.47 bits per heavy atom. The van der Waals surface area contributed by atoms with E-state index in [9.17, 15) is 0 Å². The fourth-order valence-electron chi connectivity index (χ4n) is 1.42. The molecule has 17 heavy (non-hydrogen) atoms. The first-order valence-electron chi connectivity index (χ1n) is 6.15. The molecule has 1 unspecified atom stereocenters. The summed E-state index contributed by atoms with van der Waals surface area (Å²) >= 11 is 1.97. The molecular weight excluding hydrogens is 230 g/mol. The molecule has 0 aliphatic heterocycles. The van der Waals surface area contributed by atoms with Gasteiger partial charge >= 0.3 is 0 Å². The highest BCUT2D eigenvalue weighted by Crippen LogP contribution is 2.27. The maximum absolute atomic E-state index is 4.10. The van der Waals surface area contributed by atoms with E-state index in [-0.39, 0.29) is 0 Å². The largest absolute Gasteiger partial charge is 0.309 e. The van der Waals surface area contributed by atoms with Crippen LogP contribution in [-0.2, 0) is 0 Å². The molecule has 1 aromatic rings. The normalized spacial score (nSPS) is 13.6. The Morgan fingerprint density at radius 1 is 1.29 bits per heavy atom. The molecule has 0 spiro atoms. The van der Waals surface area contributed by atoms with Gasteiger partial charge in [0.05, 0.1) is 0 Å². The number of nitrogens with one attached hydrogen (secondary N) is 1. The van der Waals surface area contributed by atoms with Crippen LogP contribution in [0.25, 0.3) is 0 Å². The van der Waals surface area contributed by atoms with E-state index in [1.807, 2.05) is 24.2 Å². The first kappa shape index (κ1) is 14.5. The van der Waals surface area contributed by atoms with Crippen LogP contribution in [-0.4, -0.2) is 27.0 Å². The van der Waals surface area contributed by atoms with Crippen LogP contribution in [0.15, 0.2) is 18.7 Å². The molecule has 0 aliphatic carbocycles. The molecule has 3 nitrogen and oxygen atoms in total. The lowest BCUT2D eigenvalue weighted by atomic mass is 10.2. The lowest BCUT2D eigenvalue weighted by Gasteiger charge is -2.23. The van der Waals surface area contributed by atoms with Crippen LogP contribution in [0.3, 0.4) is 0 Å². The van der Waals surface area contributed by atoms with Gasteiger partial charge in [-0.05, 0) is 13.0 Å². The van der Waals surface area contributed by atoms with Gasteiger partial charge in [-0.2, -0.15) is 11.8 Å². The fourth-order valence-corrected chi connectivity index (χ4v) is 2.39. The van der Waals surface area contributed by atoms with E-state index in [0.29, 0.717) is 10.8 Å². The van der Waals surface area contributed by atoms with Gasteiger partial charge in [0.25, 0.3) is 0 Å². The number of aromatic nitrogens is 2. The topological polar surface area (TPSA) is 37.8 Å². The minimum atomic E-state index is 0.293. The highest BCUT2D eigenvalue weighted by molar-refractivity contribution is 8.00. The standard InChI is InChI=1S/C13H23N3S/c1-5-6-16-12(9-17-13(2,3)4)11-7-14-10-15-8-11/h7-8,10,12,16H,5-6,9H2,1-4H3. The summed E-state index contributed by atoms with van der Waals surface area (Å²) in [6.45, 7) is 9.95. The van der Waals surface area contributed by atoms with Crippen molar-refractivity contribution in [3.8, 4) is 0 Å². The van der Waals surface area contributed by atoms with E-state index < -0.39 is 0 Å². The number of rotatable bonds is 6. The van der Waals surface area contributed by atoms with Gasteiger partial charge in [0.15, 0.2) is 0 Å². The number of nitrogens with zero attached hydrogens (tertiary/aromatic N) is 2. The maximum Gasteiger partial charge on any atom is 0.115 e. The molecule has 1 heterocycles. The summed E-state index contributed by atoms with van der Waals surface area (Å²) < 4.78 is 0.293. The van der Waals surface area contributed by atoms with Gasteiger partial charge in [0, 0.05) is 34.5 Å². The third-order valence-corrected chi connectivity index (χ3v) is 3.67. The second-order valence-corrected chi connectivity index (χ2v) is 6.95. The van der Waals surface area contributed by atoms with Gasteiger partial charge in [-0.15, -0.1) is 0 Å². The molecule has 1 aromatic heterocycles. The summed E-state index contributed by atoms with van der Waals surface area (Å²) in [5, 5.41) is 3.56. The Bertz CT molecular complexity index is 308. The van der Waals surface area contributed by atoms with Gasteiger partial charge < -0.3 is 5.32 Å². The number of hydrogen-bond donors (Lipinski definition) is 1. The third kappa shape index (κ3) is 6.03. The van der Waals surface area contributed by atoms with Crippen LogP contribution in [0.2, 0.25) is 0 Å². The van der Waals surface area contributed by atoms with Crippen molar-refractivity contribution < 1.29 is 0 Å². The lowest BCUT2D eigenvalue weighted by Crippen LogP contribution is -2.26. The van der Waals surface area contributed by atoms with Crippen molar-refractivity contribution in [3.63, 3.8) is 0 Å². The second kappa shape index (κ2) is 6.97. The Kier molecular flexibility index (Phi) is 5.92. The molecule has 0 saturated carbocycles. The Balaban J connectivity index is 2.61. The molecule has 1 N–H and O–H groups in total. The van der Waals surface area contributed by atoms with E-state index in [4.69, 9.17) is 0 Å². The average molecular weight is 253 g/mol. The average Bonchev–Trinajstić information content (AvgIpc) is 2.29. The zero-order valence-corrected chi connectivity index (χ0v) is 12.0. The Morgan fingerprint density at radius 2 is 1.94 bits per heavy atom. The van der Waals surface area contributed by atoms with Gasteiger partial charge in [0.1, 0.15) is 6.33 Å². The Labute approximate surface area is 109 Å². The highest BCUT2D eigenvalue weighted by Gasteiger charge is 2.17. The van der Waals surface area contributed by atoms with Crippen molar-refractivity contribution in [2.24, 2.45) is 0 Å². The van der Waals surface area contributed by atoms with Crippen molar-refractivity contribution in [3.05, 3.63) is 24.3 Å². The summed E-state index contributed by atoms with van der Waals surface area (Å²) in [4.78, 5) is 8.20. The van der Waals surface area contributed by atoms with Gasteiger partial charge in [-0.3, -0.25) is 0 Å². The Hall–Kier alpha value is -0.610. The molecule has 0 fully saturated rings. The minimum Gasteiger partial charge on any atom is -0.309 e. The molecular formula is C13H23N3S. The van der Waals surface area contributed by atoms with Crippen molar-refractivity contribution >= 4 is 11.8 Å². The highest BCUT2D eigenvalue weighted by atomic mass is 32.2. The summed E-state index contributed by atoms with van der Waals surface area (Å²) in [5.74, 6) is 1.05. The van der Waals surface area contributed by atoms with Crippen LogP contribution >= 0.6 is 11.8 Å². The van der Waals surface area contributed by atoms with E-state index in [2.05, 4.69) is 43.0 Å². The predicted molar refractivity (Wildman–Crippen MR) is 75.3 cm³/mol. The summed E-state index contributed by atoms with van der Waals surface area (Å²) in [6, 6.07) is 0.348. The second-order valence-electron chi connectivity index (χ2n) is 5.10. The molecule has 4 heteroatoms. The minimum absolute atomic E-state index is 0.293. The van der Waals surface area contributed by atoms with Gasteiger partial charge in [-0.1, -0.05) is 27.7 Å². The van der Waals surface area contributed by atoms with Crippen molar-refractivity contribution in [1.82, 2.24) is 15.3 Å². The monoisotopic (exact) mass is 253 g/mol. The van der Waals surface area contributed by atoms with E-state index >= 15 is 0 Å². The van der Waals surface area contributed by atoms with Crippen LogP contribution in [0.1, 0.15) is 45.7 Å². The lowest BCUT2D eigenvalue weighted by molar-refractivity contribution is 0.572. The zero-order valence-electron chi connectivity index (χ0n) is 11.2. The molecule has 0 radical (unpaired) electrons. The van der Waals surface area contributed by atoms with Crippen LogP contribution in [0.5, 0.6) is 0 Å². The SMILES string of the molecule is CCCNC(CSC(C)(C)C)c1cncnc1. The summed E-state index contributed by atoms with van der Waals surface area (Å²) in [7, 11) is 0. The number of thioether (sulfide) groups is 1. The van der Waals surface area contributed by atoms with E-state index in [1.165, 1.54) is 5.56 Å². The summed E-state index contributed by atoms with van der Waals surface area (Å²) in [6.07, 6.45) is 6.54. The summed E-state index contributed by atoms with van der Waals surface area (Å²) in [5.41, 5.74) is 1.18. The third-order valence-electron chi connectivity index (χ3n) is 2.31. The molecule has 0 saturated heterocycles. The number of hydrogen-bond acceptors (Lipinski definition) is 4. The smallest absolute Gasteiger partial charge is 0.115 e. The van der Waals surface area contributed by atoms with Gasteiger partial charge in [-0.25, -0.2) is 9.97 Å². The van der Waals surface area contributed by atoms with Crippen molar-refractivity contribution in [2.45, 2.75) is 44.9 Å². The van der Waals surface area contributed by atoms with Crippen LogP contribution < -0.4 is 5.32 Å².